The molecule has 14 nitrogen and oxygen atoms in total. The van der Waals surface area contributed by atoms with E-state index in [0.29, 0.717) is 29.5 Å². The van der Waals surface area contributed by atoms with Gasteiger partial charge in [-0.3, -0.25) is 9.59 Å². The maximum atomic E-state index is 13.2. The van der Waals surface area contributed by atoms with Crippen LogP contribution in [0.3, 0.4) is 0 Å². The van der Waals surface area contributed by atoms with Crippen LogP contribution in [0.2, 0.25) is 0 Å². The van der Waals surface area contributed by atoms with E-state index in [1.165, 1.54) is 7.11 Å². The Hall–Kier alpha value is -1.83. The molecule has 10 N–H and O–H groups in total. The summed E-state index contributed by atoms with van der Waals surface area (Å²) in [4.78, 5) is 41.3. The van der Waals surface area contributed by atoms with Gasteiger partial charge in [-0.15, -0.1) is 11.6 Å². The smallest absolute Gasteiger partial charge is 0.267 e. The summed E-state index contributed by atoms with van der Waals surface area (Å²) < 4.78 is 15.1. The summed E-state index contributed by atoms with van der Waals surface area (Å²) in [7, 11) is 1.52. The molecule has 226 valence electrons. The number of amides is 2. The summed E-state index contributed by atoms with van der Waals surface area (Å²) in [5, 5.41) is 11.8. The minimum atomic E-state index is -1.28. The summed E-state index contributed by atoms with van der Waals surface area (Å²) in [5.74, 6) is -1.80. The molecular weight excluding hydrogens is 835 g/mol. The molecular formula is C23H25Br4ClN10O4. The third kappa shape index (κ3) is 4.59. The molecule has 0 aromatic carbocycles. The Labute approximate surface area is 277 Å². The summed E-state index contributed by atoms with van der Waals surface area (Å²) >= 11 is 20.8. The van der Waals surface area contributed by atoms with Gasteiger partial charge >= 0.3 is 0 Å². The van der Waals surface area contributed by atoms with E-state index in [-0.39, 0.29) is 36.8 Å². The van der Waals surface area contributed by atoms with Crippen LogP contribution in [-0.4, -0.2) is 83.0 Å². The molecule has 0 radical (unpaired) electrons. The highest BCUT2D eigenvalue weighted by Crippen LogP contribution is 2.59. The molecule has 4 aliphatic rings. The highest BCUT2D eigenvalue weighted by atomic mass is 79.9. The topological polar surface area (TPSA) is 209 Å². The highest BCUT2D eigenvalue weighted by molar-refractivity contribution is 9.13. The zero-order valence-corrected chi connectivity index (χ0v) is 28.7. The van der Waals surface area contributed by atoms with Crippen molar-refractivity contribution in [3.63, 3.8) is 0 Å². The summed E-state index contributed by atoms with van der Waals surface area (Å²) in [6.45, 7) is 0.297. The van der Waals surface area contributed by atoms with E-state index in [9.17, 15) is 9.59 Å². The first-order valence-corrected chi connectivity index (χ1v) is 16.2. The normalized spacial score (nSPS) is 34.4. The van der Waals surface area contributed by atoms with Gasteiger partial charge in [0.25, 0.3) is 11.8 Å². The number of aromatic amines is 2. The van der Waals surface area contributed by atoms with Crippen molar-refractivity contribution in [1.82, 2.24) is 31.2 Å². The maximum absolute atomic E-state index is 13.2. The first-order valence-electron chi connectivity index (χ1n) is 12.6. The van der Waals surface area contributed by atoms with Crippen LogP contribution in [0.5, 0.6) is 0 Å². The fraction of sp³-hybridized carbons (Fsp3) is 0.478. The molecule has 19 heteroatoms. The van der Waals surface area contributed by atoms with Crippen molar-refractivity contribution in [2.75, 3.05) is 20.2 Å². The molecule has 2 fully saturated rings. The number of nitrogens with zero attached hydrogens (tertiary/aromatic N) is 2. The number of nitrogens with two attached hydrogens (primary N) is 2. The number of halogens is 5. The Balaban J connectivity index is 1.36. The van der Waals surface area contributed by atoms with E-state index >= 15 is 0 Å². The van der Waals surface area contributed by atoms with Crippen LogP contribution in [0.1, 0.15) is 21.0 Å². The van der Waals surface area contributed by atoms with Crippen molar-refractivity contribution >= 4 is 99.1 Å². The van der Waals surface area contributed by atoms with Crippen molar-refractivity contribution in [2.45, 2.75) is 29.1 Å². The van der Waals surface area contributed by atoms with Crippen LogP contribution in [-0.2, 0) is 9.47 Å². The molecule has 1 aliphatic carbocycles. The first kappa shape index (κ1) is 30.2. The number of carbonyl (C=O) groups excluding carboxylic acids is 2. The summed E-state index contributed by atoms with van der Waals surface area (Å²) in [5.41, 5.74) is 10.7. The van der Waals surface area contributed by atoms with Crippen LogP contribution in [0.15, 0.2) is 40.3 Å². The number of alkyl halides is 1. The lowest BCUT2D eigenvalue weighted by Crippen LogP contribution is -2.76. The van der Waals surface area contributed by atoms with Crippen LogP contribution in [0, 0.1) is 17.8 Å². The second-order valence-corrected chi connectivity index (χ2v) is 14.1. The van der Waals surface area contributed by atoms with Gasteiger partial charge in [0.05, 0.1) is 23.5 Å². The number of nitrogens with one attached hydrogen (secondary N) is 6. The second kappa shape index (κ2) is 11.0. The fourth-order valence-corrected chi connectivity index (χ4v) is 8.50. The van der Waals surface area contributed by atoms with Crippen molar-refractivity contribution in [3.8, 4) is 0 Å². The molecule has 0 unspecified atom stereocenters. The zero-order valence-electron chi connectivity index (χ0n) is 21.6. The number of hydrogen-bond acceptors (Lipinski definition) is 10. The van der Waals surface area contributed by atoms with Crippen molar-refractivity contribution in [1.29, 1.82) is 0 Å². The van der Waals surface area contributed by atoms with Gasteiger partial charge in [0.2, 0.25) is 6.23 Å². The number of hydrogen-bond donors (Lipinski definition) is 8. The number of guanidine groups is 2. The molecule has 2 aromatic rings. The standard InChI is InChI=1S/C23H25Br4ClN10O4/c1-41-23-12-6(4-31-16(39)10-2-8(24)14(26)33-10)7(5-32-17(40)11-3-9(25)15(27)34-11)13(28)22(12)18(35-20(29)37-22)42-19(23)36-21(30)38-23/h2-3,6-7,12-13,18-19,33-34H,4-5H2,1H3,(H,31,39)(H,32,40)(H3,29,35,37)(H3,30,36,38)/t6-,7+,12-,13-,18-,19+,22-,23+/m0/s1. The highest BCUT2D eigenvalue weighted by Gasteiger charge is 2.77. The van der Waals surface area contributed by atoms with E-state index in [1.807, 2.05) is 0 Å². The van der Waals surface area contributed by atoms with Crippen molar-refractivity contribution in [2.24, 2.45) is 39.2 Å². The van der Waals surface area contributed by atoms with Crippen LogP contribution >= 0.6 is 75.3 Å². The minimum absolute atomic E-state index is 0.128. The molecule has 2 aromatic heterocycles. The number of methoxy groups -OCH3 is 1. The lowest BCUT2D eigenvalue weighted by molar-refractivity contribution is -0.244. The van der Waals surface area contributed by atoms with Gasteiger partial charge < -0.3 is 52.2 Å². The van der Waals surface area contributed by atoms with Gasteiger partial charge in [-0.1, -0.05) is 0 Å². The quantitative estimate of drug-likeness (QED) is 0.192. The molecule has 6 rings (SSSR count). The van der Waals surface area contributed by atoms with Gasteiger partial charge in [-0.05, 0) is 81.8 Å². The molecule has 42 heavy (non-hydrogen) atoms. The second-order valence-electron chi connectivity index (χ2n) is 10.4. The molecule has 0 bridgehead atoms. The van der Waals surface area contributed by atoms with Crippen molar-refractivity contribution in [3.05, 3.63) is 41.7 Å². The minimum Gasteiger partial charge on any atom is -0.370 e. The first-order chi connectivity index (χ1) is 19.9. The lowest BCUT2D eigenvalue weighted by Gasteiger charge is -2.53. The zero-order chi connectivity index (χ0) is 30.1. The van der Waals surface area contributed by atoms with Gasteiger partial charge in [0, 0.05) is 32.0 Å². The molecule has 1 saturated heterocycles. The molecule has 1 spiro atoms. The van der Waals surface area contributed by atoms with Gasteiger partial charge in [-0.2, -0.15) is 0 Å². The van der Waals surface area contributed by atoms with E-state index in [4.69, 9.17) is 32.5 Å². The monoisotopic (exact) mass is 856 g/mol. The fourth-order valence-electron chi connectivity index (χ4n) is 6.61. The average molecular weight is 861 g/mol. The third-order valence-corrected chi connectivity index (χ3v) is 12.5. The SMILES string of the molecule is CO[C@@]12NC(N)=N[C@@H]1O[C@@H]1N=C(N)N[C@]13[C@@H]2[C@@H](CNC(=O)c1cc(Br)c(Br)[nH]1)[C@@H](CNC(=O)c1cc(Br)c(Br)[nH]1)[C@@H]3Cl. The van der Waals surface area contributed by atoms with Crippen LogP contribution in [0.25, 0.3) is 0 Å². The molecule has 1 saturated carbocycles. The van der Waals surface area contributed by atoms with E-state index in [0.717, 1.165) is 0 Å². The third-order valence-electron chi connectivity index (χ3n) is 8.27. The predicted octanol–water partition coefficient (Wildman–Crippen LogP) is 1.62. The number of rotatable bonds is 7. The number of aromatic nitrogens is 2. The Morgan fingerprint density at radius 1 is 0.952 bits per heavy atom. The number of H-pyrrole nitrogens is 2. The number of carbonyl (C=O) groups is 2. The Kier molecular flexibility index (Phi) is 7.88. The van der Waals surface area contributed by atoms with Gasteiger partial charge in [-0.25, -0.2) is 9.98 Å². The molecule has 5 heterocycles. The molecule has 8 atom stereocenters. The largest absolute Gasteiger partial charge is 0.370 e. The Morgan fingerprint density at radius 3 is 2.00 bits per heavy atom. The number of ether oxygens (including phenoxy) is 2. The number of fused-ring (bicyclic) bond motifs is 2. The van der Waals surface area contributed by atoms with Gasteiger partial charge in [0.1, 0.15) is 16.9 Å². The van der Waals surface area contributed by atoms with Crippen LogP contribution < -0.4 is 32.7 Å². The van der Waals surface area contributed by atoms with Crippen molar-refractivity contribution < 1.29 is 19.1 Å². The average Bonchev–Trinajstić information content (AvgIpc) is 3.70. The molecule has 2 amide bonds. The summed E-state index contributed by atoms with van der Waals surface area (Å²) in [6.07, 6.45) is -1.71. The van der Waals surface area contributed by atoms with E-state index in [1.54, 1.807) is 12.1 Å². The number of aliphatic imine (C=N–C) groups is 2. The Bertz CT molecular complexity index is 1480. The predicted molar refractivity (Wildman–Crippen MR) is 168 cm³/mol. The van der Waals surface area contributed by atoms with Gasteiger partial charge in [0.15, 0.2) is 23.9 Å². The summed E-state index contributed by atoms with van der Waals surface area (Å²) in [6, 6.07) is 3.33. The lowest BCUT2D eigenvalue weighted by atomic mass is 9.71. The van der Waals surface area contributed by atoms with E-state index in [2.05, 4.69) is 105 Å². The molecule has 3 aliphatic heterocycles. The van der Waals surface area contributed by atoms with E-state index < -0.39 is 46.9 Å². The Morgan fingerprint density at radius 2 is 1.48 bits per heavy atom. The maximum Gasteiger partial charge on any atom is 0.267 e. The van der Waals surface area contributed by atoms with Crippen LogP contribution in [0.4, 0.5) is 0 Å².